The Kier molecular flexibility index (Phi) is 4.40. The van der Waals surface area contributed by atoms with E-state index >= 15 is 0 Å². The first-order valence-corrected chi connectivity index (χ1v) is 6.24. The van der Waals surface area contributed by atoms with E-state index in [1.54, 1.807) is 12.1 Å². The highest BCUT2D eigenvalue weighted by atomic mass is 35.5. The molecule has 0 aliphatic carbocycles. The quantitative estimate of drug-likeness (QED) is 0.924. The summed E-state index contributed by atoms with van der Waals surface area (Å²) in [5.74, 6) is -0.327. The lowest BCUT2D eigenvalue weighted by molar-refractivity contribution is 0.178. The summed E-state index contributed by atoms with van der Waals surface area (Å²) in [6, 6.07) is 11.6. The van der Waals surface area contributed by atoms with Crippen LogP contribution in [0.15, 0.2) is 42.5 Å². The molecular weight excluding hydrogens is 267 g/mol. The van der Waals surface area contributed by atoms with Crippen molar-refractivity contribution >= 4 is 11.6 Å². The van der Waals surface area contributed by atoms with Crippen molar-refractivity contribution in [3.8, 4) is 5.75 Å². The number of ether oxygens (including phenoxy) is 1. The van der Waals surface area contributed by atoms with Crippen LogP contribution in [-0.2, 0) is 6.42 Å². The predicted molar refractivity (Wildman–Crippen MR) is 73.1 cm³/mol. The van der Waals surface area contributed by atoms with Crippen LogP contribution in [0.5, 0.6) is 5.75 Å². The summed E-state index contributed by atoms with van der Waals surface area (Å²) in [6.45, 7) is 0. The van der Waals surface area contributed by atoms with E-state index in [0.29, 0.717) is 17.0 Å². The molecule has 0 saturated carbocycles. The molecule has 0 bridgehead atoms. The fraction of sp³-hybridized carbons (Fsp3) is 0.200. The normalized spacial score (nSPS) is 12.2. The van der Waals surface area contributed by atoms with Crippen LogP contribution in [0.2, 0.25) is 5.02 Å². The average Bonchev–Trinajstić information content (AvgIpc) is 2.42. The molecule has 1 N–H and O–H groups in total. The molecule has 1 atom stereocenters. The molecule has 1 unspecified atom stereocenters. The maximum atomic E-state index is 13.3. The summed E-state index contributed by atoms with van der Waals surface area (Å²) >= 11 is 6.04. The zero-order valence-corrected chi connectivity index (χ0v) is 11.2. The smallest absolute Gasteiger partial charge is 0.165 e. The Morgan fingerprint density at radius 1 is 1.26 bits per heavy atom. The third-order valence-electron chi connectivity index (χ3n) is 2.93. The van der Waals surface area contributed by atoms with Gasteiger partial charge in [0.1, 0.15) is 0 Å². The van der Waals surface area contributed by atoms with E-state index in [2.05, 4.69) is 0 Å². The van der Waals surface area contributed by atoms with Gasteiger partial charge in [0, 0.05) is 11.4 Å². The van der Waals surface area contributed by atoms with E-state index in [4.69, 9.17) is 16.3 Å². The predicted octanol–water partition coefficient (Wildman–Crippen LogP) is 3.76. The molecule has 0 radical (unpaired) electrons. The Hall–Kier alpha value is -1.58. The van der Waals surface area contributed by atoms with Crippen molar-refractivity contribution in [2.24, 2.45) is 0 Å². The van der Waals surface area contributed by atoms with Gasteiger partial charge >= 0.3 is 0 Å². The Labute approximate surface area is 116 Å². The fourth-order valence-electron chi connectivity index (χ4n) is 1.87. The number of rotatable bonds is 4. The molecule has 4 heteroatoms. The van der Waals surface area contributed by atoms with Crippen molar-refractivity contribution < 1.29 is 14.2 Å². The summed E-state index contributed by atoms with van der Waals surface area (Å²) in [4.78, 5) is 0. The first-order valence-electron chi connectivity index (χ1n) is 5.86. The molecule has 0 heterocycles. The molecule has 0 aliphatic heterocycles. The highest BCUT2D eigenvalue weighted by Crippen LogP contribution is 2.27. The standard InChI is InChI=1S/C15H14ClFO2/c1-19-15-9-11(6-7-13(15)17)14(18)8-10-4-2-3-5-12(10)16/h2-7,9,14,18H,8H2,1H3. The van der Waals surface area contributed by atoms with Gasteiger partial charge < -0.3 is 9.84 Å². The van der Waals surface area contributed by atoms with Crippen molar-refractivity contribution in [3.05, 3.63) is 64.4 Å². The van der Waals surface area contributed by atoms with Crippen LogP contribution in [0.3, 0.4) is 0 Å². The second-order valence-corrected chi connectivity index (χ2v) is 4.61. The first kappa shape index (κ1) is 13.8. The van der Waals surface area contributed by atoms with Crippen molar-refractivity contribution in [1.82, 2.24) is 0 Å². The minimum Gasteiger partial charge on any atom is -0.494 e. The van der Waals surface area contributed by atoms with Crippen LogP contribution >= 0.6 is 11.6 Å². The monoisotopic (exact) mass is 280 g/mol. The van der Waals surface area contributed by atoms with Crippen molar-refractivity contribution in [2.75, 3.05) is 7.11 Å². The van der Waals surface area contributed by atoms with Crippen LogP contribution in [-0.4, -0.2) is 12.2 Å². The lowest BCUT2D eigenvalue weighted by Crippen LogP contribution is -2.03. The molecule has 0 aliphatic rings. The molecule has 0 saturated heterocycles. The van der Waals surface area contributed by atoms with E-state index in [1.165, 1.54) is 19.2 Å². The molecule has 2 aromatic rings. The van der Waals surface area contributed by atoms with Crippen LogP contribution in [0, 0.1) is 5.82 Å². The molecule has 100 valence electrons. The second-order valence-electron chi connectivity index (χ2n) is 4.21. The maximum Gasteiger partial charge on any atom is 0.165 e. The molecular formula is C15H14ClFO2. The zero-order valence-electron chi connectivity index (χ0n) is 10.4. The van der Waals surface area contributed by atoms with Crippen LogP contribution in [0.25, 0.3) is 0 Å². The molecule has 0 spiro atoms. The lowest BCUT2D eigenvalue weighted by atomic mass is 10.0. The Morgan fingerprint density at radius 3 is 2.68 bits per heavy atom. The van der Waals surface area contributed by atoms with Crippen molar-refractivity contribution in [2.45, 2.75) is 12.5 Å². The van der Waals surface area contributed by atoms with Crippen molar-refractivity contribution in [1.29, 1.82) is 0 Å². The van der Waals surface area contributed by atoms with Gasteiger partial charge in [-0.1, -0.05) is 35.9 Å². The minimum absolute atomic E-state index is 0.121. The Bertz CT molecular complexity index is 572. The van der Waals surface area contributed by atoms with Gasteiger partial charge in [0.2, 0.25) is 0 Å². The fourth-order valence-corrected chi connectivity index (χ4v) is 2.09. The summed E-state index contributed by atoms with van der Waals surface area (Å²) in [6.07, 6.45) is -0.386. The second kappa shape index (κ2) is 6.04. The van der Waals surface area contributed by atoms with Gasteiger partial charge in [0.25, 0.3) is 0 Å². The van der Waals surface area contributed by atoms with Crippen LogP contribution in [0.1, 0.15) is 17.2 Å². The zero-order chi connectivity index (χ0) is 13.8. The number of aliphatic hydroxyl groups is 1. The first-order chi connectivity index (χ1) is 9.11. The maximum absolute atomic E-state index is 13.3. The van der Waals surface area contributed by atoms with Gasteiger partial charge in [-0.2, -0.15) is 0 Å². The Balaban J connectivity index is 2.20. The van der Waals surface area contributed by atoms with Gasteiger partial charge in [-0.05, 0) is 29.3 Å². The van der Waals surface area contributed by atoms with E-state index < -0.39 is 11.9 Å². The van der Waals surface area contributed by atoms with E-state index in [9.17, 15) is 9.50 Å². The third kappa shape index (κ3) is 3.25. The average molecular weight is 281 g/mol. The van der Waals surface area contributed by atoms with Gasteiger partial charge in [0.05, 0.1) is 13.2 Å². The molecule has 2 aromatic carbocycles. The number of methoxy groups -OCH3 is 1. The molecule has 2 rings (SSSR count). The SMILES string of the molecule is COc1cc(C(O)Cc2ccccc2Cl)ccc1F. The number of hydrogen-bond donors (Lipinski definition) is 1. The highest BCUT2D eigenvalue weighted by Gasteiger charge is 2.13. The third-order valence-corrected chi connectivity index (χ3v) is 3.30. The molecule has 0 amide bonds. The summed E-state index contributed by atoms with van der Waals surface area (Å²) in [5.41, 5.74) is 1.44. The topological polar surface area (TPSA) is 29.5 Å². The Morgan fingerprint density at radius 2 is 2.00 bits per heavy atom. The molecule has 0 aromatic heterocycles. The minimum atomic E-state index is -0.755. The molecule has 2 nitrogen and oxygen atoms in total. The van der Waals surface area contributed by atoms with E-state index in [-0.39, 0.29) is 5.75 Å². The lowest BCUT2D eigenvalue weighted by Gasteiger charge is -2.13. The molecule has 0 fully saturated rings. The summed E-state index contributed by atoms with van der Waals surface area (Å²) < 4.78 is 18.2. The number of aliphatic hydroxyl groups excluding tert-OH is 1. The number of hydrogen-bond acceptors (Lipinski definition) is 2. The summed E-state index contributed by atoms with van der Waals surface area (Å²) in [5, 5.41) is 10.8. The number of benzene rings is 2. The van der Waals surface area contributed by atoms with E-state index in [0.717, 1.165) is 5.56 Å². The van der Waals surface area contributed by atoms with E-state index in [1.807, 2.05) is 18.2 Å². The largest absolute Gasteiger partial charge is 0.494 e. The van der Waals surface area contributed by atoms with Crippen LogP contribution in [0.4, 0.5) is 4.39 Å². The summed E-state index contributed by atoms with van der Waals surface area (Å²) in [7, 11) is 1.39. The van der Waals surface area contributed by atoms with Gasteiger partial charge in [0.15, 0.2) is 11.6 Å². The van der Waals surface area contributed by atoms with Gasteiger partial charge in [-0.15, -0.1) is 0 Å². The van der Waals surface area contributed by atoms with Gasteiger partial charge in [-0.3, -0.25) is 0 Å². The molecule has 19 heavy (non-hydrogen) atoms. The van der Waals surface area contributed by atoms with Gasteiger partial charge in [-0.25, -0.2) is 4.39 Å². The van der Waals surface area contributed by atoms with Crippen molar-refractivity contribution in [3.63, 3.8) is 0 Å². The highest BCUT2D eigenvalue weighted by molar-refractivity contribution is 6.31. The number of halogens is 2. The van der Waals surface area contributed by atoms with Crippen LogP contribution < -0.4 is 4.74 Å².